The van der Waals surface area contributed by atoms with Crippen LogP contribution in [0.25, 0.3) is 6.08 Å². The second kappa shape index (κ2) is 8.30. The molecular formula is C21H20O11. The molecule has 7 N–H and O–H groups in total. The maximum absolute atomic E-state index is 12.9. The van der Waals surface area contributed by atoms with Gasteiger partial charge < -0.3 is 50.0 Å². The summed E-state index contributed by atoms with van der Waals surface area (Å²) in [7, 11) is 0. The molecular weight excluding hydrogens is 428 g/mol. The molecule has 0 spiro atoms. The monoisotopic (exact) mass is 448 g/mol. The lowest BCUT2D eigenvalue weighted by molar-refractivity contribution is -0.277. The smallest absolute Gasteiger partial charge is 0.235 e. The minimum absolute atomic E-state index is 0.0520. The Labute approximate surface area is 180 Å². The molecule has 32 heavy (non-hydrogen) atoms. The van der Waals surface area contributed by atoms with Crippen LogP contribution in [0.3, 0.4) is 0 Å². The zero-order chi connectivity index (χ0) is 23.2. The molecule has 0 saturated carbocycles. The molecule has 0 bridgehead atoms. The zero-order valence-corrected chi connectivity index (χ0v) is 16.3. The number of aliphatic hydroxyl groups excluding tert-OH is 4. The quantitative estimate of drug-likeness (QED) is 0.238. The third-order valence-corrected chi connectivity index (χ3v) is 5.11. The summed E-state index contributed by atoms with van der Waals surface area (Å²) in [6.45, 7) is -0.669. The van der Waals surface area contributed by atoms with Gasteiger partial charge in [-0.05, 0) is 23.8 Å². The van der Waals surface area contributed by atoms with E-state index in [-0.39, 0.29) is 34.3 Å². The Hall–Kier alpha value is -3.35. The normalized spacial score (nSPS) is 28.4. The summed E-state index contributed by atoms with van der Waals surface area (Å²) in [5.74, 6) is -2.17. The molecule has 11 heteroatoms. The van der Waals surface area contributed by atoms with E-state index in [1.54, 1.807) is 0 Å². The number of phenolic OH excluding ortho intramolecular Hbond substituents is 3. The van der Waals surface area contributed by atoms with Crippen molar-refractivity contribution in [2.45, 2.75) is 30.7 Å². The molecule has 5 atom stereocenters. The van der Waals surface area contributed by atoms with E-state index < -0.39 is 48.8 Å². The van der Waals surface area contributed by atoms with Crippen molar-refractivity contribution in [2.24, 2.45) is 0 Å². The van der Waals surface area contributed by atoms with Crippen molar-refractivity contribution in [3.63, 3.8) is 0 Å². The number of rotatable bonds is 4. The molecule has 2 aromatic rings. The van der Waals surface area contributed by atoms with Crippen molar-refractivity contribution in [2.75, 3.05) is 6.61 Å². The first kappa shape index (κ1) is 21.9. The maximum atomic E-state index is 12.9. The van der Waals surface area contributed by atoms with Crippen LogP contribution in [0.15, 0.2) is 36.1 Å². The standard InChI is InChI=1S/C21H20O11/c22-7-15-18(27)19(28)20(29)21(32-15)31-13-6-9(23)5-12-16(13)17(26)14(30-12)4-8-1-2-10(24)11(25)3-8/h1-6,15,18-25,27-29H,7H2/t15?,18-,19+,20?,21-/m1/s1. The van der Waals surface area contributed by atoms with E-state index in [2.05, 4.69) is 0 Å². The number of allylic oxidation sites excluding steroid dienone is 1. The van der Waals surface area contributed by atoms with E-state index in [0.717, 1.165) is 6.07 Å². The Bertz CT molecular complexity index is 1080. The molecule has 1 fully saturated rings. The SMILES string of the molecule is O=C1C(=Cc2ccc(O)c(O)c2)Oc2cc(O)cc(O[C@@H]3OC(CO)[C@@H](O)[C@H](O)C3O)c21. The van der Waals surface area contributed by atoms with Gasteiger partial charge in [0.2, 0.25) is 12.1 Å². The van der Waals surface area contributed by atoms with E-state index in [1.807, 2.05) is 0 Å². The molecule has 1 saturated heterocycles. The fourth-order valence-electron chi connectivity index (χ4n) is 3.43. The summed E-state index contributed by atoms with van der Waals surface area (Å²) >= 11 is 0. The van der Waals surface area contributed by atoms with Crippen LogP contribution in [-0.4, -0.2) is 78.8 Å². The molecule has 2 unspecified atom stereocenters. The van der Waals surface area contributed by atoms with Crippen LogP contribution in [0.2, 0.25) is 0 Å². The first-order valence-electron chi connectivity index (χ1n) is 9.50. The van der Waals surface area contributed by atoms with E-state index >= 15 is 0 Å². The van der Waals surface area contributed by atoms with Crippen molar-refractivity contribution in [3.8, 4) is 28.7 Å². The number of hydrogen-bond acceptors (Lipinski definition) is 11. The maximum Gasteiger partial charge on any atom is 0.235 e. The number of Topliss-reactive ketones (excluding diaryl/α,β-unsaturated/α-hetero) is 1. The number of aromatic hydroxyl groups is 3. The third-order valence-electron chi connectivity index (χ3n) is 5.11. The van der Waals surface area contributed by atoms with Crippen molar-refractivity contribution in [1.82, 2.24) is 0 Å². The van der Waals surface area contributed by atoms with E-state index in [0.29, 0.717) is 5.56 Å². The van der Waals surface area contributed by atoms with Crippen molar-refractivity contribution >= 4 is 11.9 Å². The second-order valence-electron chi connectivity index (χ2n) is 7.32. The number of aliphatic hydroxyl groups is 4. The Morgan fingerprint density at radius 2 is 1.72 bits per heavy atom. The van der Waals surface area contributed by atoms with Gasteiger partial charge in [0, 0.05) is 12.1 Å². The van der Waals surface area contributed by atoms with Gasteiger partial charge >= 0.3 is 0 Å². The highest BCUT2D eigenvalue weighted by Crippen LogP contribution is 2.42. The minimum atomic E-state index is -1.72. The Balaban J connectivity index is 1.65. The van der Waals surface area contributed by atoms with Crippen LogP contribution in [0.5, 0.6) is 28.7 Å². The number of carbonyl (C=O) groups excluding carboxylic acids is 1. The van der Waals surface area contributed by atoms with Crippen molar-refractivity contribution in [3.05, 3.63) is 47.2 Å². The molecule has 0 aliphatic carbocycles. The lowest BCUT2D eigenvalue weighted by atomic mass is 9.99. The first-order valence-corrected chi connectivity index (χ1v) is 9.50. The Morgan fingerprint density at radius 3 is 2.41 bits per heavy atom. The van der Waals surface area contributed by atoms with E-state index in [1.165, 1.54) is 30.3 Å². The summed E-state index contributed by atoms with van der Waals surface area (Å²) < 4.78 is 16.3. The van der Waals surface area contributed by atoms with Crippen LogP contribution >= 0.6 is 0 Å². The number of ketones is 1. The molecule has 170 valence electrons. The van der Waals surface area contributed by atoms with Gasteiger partial charge in [-0.25, -0.2) is 0 Å². The Kier molecular flexibility index (Phi) is 5.67. The summed E-state index contributed by atoms with van der Waals surface area (Å²) in [5, 5.41) is 68.4. The van der Waals surface area contributed by atoms with Gasteiger partial charge in [0.05, 0.1) is 6.61 Å². The zero-order valence-electron chi connectivity index (χ0n) is 16.3. The summed E-state index contributed by atoms with van der Waals surface area (Å²) in [6, 6.07) is 6.13. The van der Waals surface area contributed by atoms with Crippen LogP contribution < -0.4 is 9.47 Å². The van der Waals surface area contributed by atoms with Crippen LogP contribution in [0, 0.1) is 0 Å². The average Bonchev–Trinajstić information content (AvgIpc) is 3.06. The van der Waals surface area contributed by atoms with E-state index in [9.17, 15) is 40.5 Å². The van der Waals surface area contributed by atoms with Crippen molar-refractivity contribution < 1.29 is 54.8 Å². The van der Waals surface area contributed by atoms with Gasteiger partial charge in [0.15, 0.2) is 17.3 Å². The molecule has 2 heterocycles. The molecule has 11 nitrogen and oxygen atoms in total. The molecule has 0 amide bonds. The number of fused-ring (bicyclic) bond motifs is 1. The third kappa shape index (κ3) is 3.83. The molecule has 0 radical (unpaired) electrons. The van der Waals surface area contributed by atoms with Crippen LogP contribution in [0.1, 0.15) is 15.9 Å². The van der Waals surface area contributed by atoms with Gasteiger partial charge in [0.25, 0.3) is 0 Å². The lowest BCUT2D eigenvalue weighted by Crippen LogP contribution is -2.60. The van der Waals surface area contributed by atoms with Gasteiger partial charge in [0.1, 0.15) is 47.2 Å². The minimum Gasteiger partial charge on any atom is -0.508 e. The van der Waals surface area contributed by atoms with Gasteiger partial charge in [-0.3, -0.25) is 4.79 Å². The van der Waals surface area contributed by atoms with Gasteiger partial charge in [-0.2, -0.15) is 0 Å². The number of carbonyl (C=O) groups is 1. The second-order valence-corrected chi connectivity index (χ2v) is 7.32. The number of phenols is 3. The highest BCUT2D eigenvalue weighted by atomic mass is 16.7. The fraction of sp³-hybridized carbons (Fsp3) is 0.286. The fourth-order valence-corrected chi connectivity index (χ4v) is 3.43. The average molecular weight is 448 g/mol. The Morgan fingerprint density at radius 1 is 0.969 bits per heavy atom. The predicted octanol–water partition coefficient (Wildman–Crippen LogP) is -0.402. The summed E-state index contributed by atoms with van der Waals surface area (Å²) in [5.41, 5.74) is 0.242. The number of ether oxygens (including phenoxy) is 3. The molecule has 2 aliphatic heterocycles. The predicted molar refractivity (Wildman–Crippen MR) is 105 cm³/mol. The molecule has 2 aliphatic rings. The molecule has 2 aromatic carbocycles. The van der Waals surface area contributed by atoms with Crippen molar-refractivity contribution in [1.29, 1.82) is 0 Å². The van der Waals surface area contributed by atoms with E-state index in [4.69, 9.17) is 14.2 Å². The first-order chi connectivity index (χ1) is 15.2. The van der Waals surface area contributed by atoms with Crippen LogP contribution in [-0.2, 0) is 4.74 Å². The topological polar surface area (TPSA) is 186 Å². The molecule has 0 aromatic heterocycles. The summed E-state index contributed by atoms with van der Waals surface area (Å²) in [4.78, 5) is 12.9. The number of hydrogen-bond donors (Lipinski definition) is 7. The largest absolute Gasteiger partial charge is 0.508 e. The highest BCUT2D eigenvalue weighted by Gasteiger charge is 2.45. The van der Waals surface area contributed by atoms with Gasteiger partial charge in [-0.1, -0.05) is 6.07 Å². The van der Waals surface area contributed by atoms with Gasteiger partial charge in [-0.15, -0.1) is 0 Å². The van der Waals surface area contributed by atoms with Crippen LogP contribution in [0.4, 0.5) is 0 Å². The lowest BCUT2D eigenvalue weighted by Gasteiger charge is -2.39. The number of benzene rings is 2. The highest BCUT2D eigenvalue weighted by molar-refractivity contribution is 6.16. The summed E-state index contributed by atoms with van der Waals surface area (Å²) in [6.07, 6.45) is -6.51. The molecule has 4 rings (SSSR count).